The summed E-state index contributed by atoms with van der Waals surface area (Å²) in [7, 11) is 0. The van der Waals surface area contributed by atoms with Gasteiger partial charge in [-0.3, -0.25) is 0 Å². The third-order valence-corrected chi connectivity index (χ3v) is 3.38. The quantitative estimate of drug-likeness (QED) is 0.822. The first-order valence-electron chi connectivity index (χ1n) is 5.45. The maximum atomic E-state index is 13.3. The molecule has 0 saturated heterocycles. The average Bonchev–Trinajstić information content (AvgIpc) is 2.69. The number of nitrogens with two attached hydrogens (primary N) is 1. The number of rotatable bonds is 3. The molecule has 2 aromatic rings. The van der Waals surface area contributed by atoms with Crippen LogP contribution in [0.25, 0.3) is 11.2 Å². The third kappa shape index (κ3) is 1.45. The van der Waals surface area contributed by atoms with E-state index in [1.54, 1.807) is 0 Å². The first-order chi connectivity index (χ1) is 8.55. The molecule has 6 nitrogen and oxygen atoms in total. The lowest BCUT2D eigenvalue weighted by molar-refractivity contribution is 0.0704. The van der Waals surface area contributed by atoms with Crippen molar-refractivity contribution in [2.45, 2.75) is 12.5 Å². The fourth-order valence-corrected chi connectivity index (χ4v) is 2.20. The highest BCUT2D eigenvalue weighted by Gasteiger charge is 2.67. The number of anilines is 1. The van der Waals surface area contributed by atoms with Crippen molar-refractivity contribution in [2.75, 3.05) is 12.3 Å². The van der Waals surface area contributed by atoms with E-state index in [-0.39, 0.29) is 12.4 Å². The van der Waals surface area contributed by atoms with Gasteiger partial charge in [0.2, 0.25) is 0 Å². The molecule has 1 aliphatic carbocycles. The highest BCUT2D eigenvalue weighted by atomic mass is 19.3. The minimum atomic E-state index is -2.82. The van der Waals surface area contributed by atoms with Gasteiger partial charge in [-0.1, -0.05) is 0 Å². The van der Waals surface area contributed by atoms with Gasteiger partial charge in [0.05, 0.1) is 24.8 Å². The summed E-state index contributed by atoms with van der Waals surface area (Å²) in [5, 5.41) is 8.85. The molecule has 2 aromatic heterocycles. The molecule has 8 heteroatoms. The molecule has 0 aromatic carbocycles. The summed E-state index contributed by atoms with van der Waals surface area (Å²) in [6, 6.07) is 0. The zero-order valence-electron chi connectivity index (χ0n) is 9.29. The molecule has 18 heavy (non-hydrogen) atoms. The Morgan fingerprint density at radius 3 is 2.78 bits per heavy atom. The van der Waals surface area contributed by atoms with Gasteiger partial charge in [-0.2, -0.15) is 0 Å². The van der Waals surface area contributed by atoms with Crippen LogP contribution >= 0.6 is 0 Å². The number of hydrogen-bond acceptors (Lipinski definition) is 5. The lowest BCUT2D eigenvalue weighted by atomic mass is 10.3. The van der Waals surface area contributed by atoms with Gasteiger partial charge in [-0.05, 0) is 0 Å². The number of nitrogen functional groups attached to an aromatic ring is 1. The van der Waals surface area contributed by atoms with E-state index >= 15 is 0 Å². The minimum absolute atomic E-state index is 0.0607. The average molecular weight is 255 g/mol. The molecule has 2 unspecified atom stereocenters. The number of nitrogens with zero attached hydrogens (tertiary/aromatic N) is 4. The standard InChI is InChI=1S/C10H11F2N5O/c11-10(12)5(6(10)2-18)1-17-4-16-7-8(13)14-3-15-9(7)17/h3-6,18H,1-2H2,(H2,13,14,15). The van der Waals surface area contributed by atoms with Gasteiger partial charge in [-0.15, -0.1) is 0 Å². The Morgan fingerprint density at radius 1 is 1.33 bits per heavy atom. The SMILES string of the molecule is Nc1ncnc2c1ncn2CC1C(CO)C1(F)F. The Hall–Kier alpha value is -1.83. The number of alkyl halides is 2. The van der Waals surface area contributed by atoms with Crippen molar-refractivity contribution in [3.8, 4) is 0 Å². The molecule has 0 aliphatic heterocycles. The highest BCUT2D eigenvalue weighted by Crippen LogP contribution is 2.55. The molecular formula is C10H11F2N5O. The zero-order valence-corrected chi connectivity index (χ0v) is 9.29. The number of aliphatic hydroxyl groups excluding tert-OH is 1. The lowest BCUT2D eigenvalue weighted by Crippen LogP contribution is -2.05. The second-order valence-electron chi connectivity index (χ2n) is 4.40. The van der Waals surface area contributed by atoms with E-state index in [0.717, 1.165) is 0 Å². The van der Waals surface area contributed by atoms with E-state index in [0.29, 0.717) is 11.2 Å². The first kappa shape index (κ1) is 11.3. The number of fused-ring (bicyclic) bond motifs is 1. The molecule has 0 bridgehead atoms. The molecular weight excluding hydrogens is 244 g/mol. The highest BCUT2D eigenvalue weighted by molar-refractivity contribution is 5.81. The maximum absolute atomic E-state index is 13.3. The van der Waals surface area contributed by atoms with E-state index in [9.17, 15) is 8.78 Å². The molecule has 0 spiro atoms. The van der Waals surface area contributed by atoms with Crippen molar-refractivity contribution in [1.29, 1.82) is 0 Å². The summed E-state index contributed by atoms with van der Waals surface area (Å²) in [4.78, 5) is 11.8. The summed E-state index contributed by atoms with van der Waals surface area (Å²) in [6.45, 7) is -0.452. The number of aromatic nitrogens is 4. The van der Waals surface area contributed by atoms with E-state index in [1.807, 2.05) is 0 Å². The normalized spacial score (nSPS) is 25.5. The maximum Gasteiger partial charge on any atom is 0.258 e. The van der Waals surface area contributed by atoms with Crippen LogP contribution in [0.5, 0.6) is 0 Å². The van der Waals surface area contributed by atoms with Gasteiger partial charge in [0.25, 0.3) is 5.92 Å². The zero-order chi connectivity index (χ0) is 12.9. The number of imidazole rings is 1. The summed E-state index contributed by atoms with van der Waals surface area (Å²) < 4.78 is 28.1. The molecule has 3 N–H and O–H groups in total. The van der Waals surface area contributed by atoms with Gasteiger partial charge in [0.1, 0.15) is 11.8 Å². The number of aliphatic hydroxyl groups is 1. The fraction of sp³-hybridized carbons (Fsp3) is 0.500. The van der Waals surface area contributed by atoms with Gasteiger partial charge in [0.15, 0.2) is 11.5 Å². The first-order valence-corrected chi connectivity index (χ1v) is 5.45. The van der Waals surface area contributed by atoms with Crippen molar-refractivity contribution in [3.05, 3.63) is 12.7 Å². The smallest absolute Gasteiger partial charge is 0.258 e. The minimum Gasteiger partial charge on any atom is -0.396 e. The van der Waals surface area contributed by atoms with Gasteiger partial charge < -0.3 is 15.4 Å². The molecule has 2 atom stereocenters. The van der Waals surface area contributed by atoms with Crippen LogP contribution in [0.4, 0.5) is 14.6 Å². The molecule has 0 radical (unpaired) electrons. The molecule has 2 heterocycles. The van der Waals surface area contributed by atoms with Crippen LogP contribution in [-0.2, 0) is 6.54 Å². The molecule has 1 fully saturated rings. The van der Waals surface area contributed by atoms with Gasteiger partial charge >= 0.3 is 0 Å². The largest absolute Gasteiger partial charge is 0.396 e. The Morgan fingerprint density at radius 2 is 2.11 bits per heavy atom. The predicted molar refractivity (Wildman–Crippen MR) is 58.7 cm³/mol. The lowest BCUT2D eigenvalue weighted by Gasteiger charge is -2.02. The second-order valence-corrected chi connectivity index (χ2v) is 4.40. The van der Waals surface area contributed by atoms with E-state index in [2.05, 4.69) is 15.0 Å². The third-order valence-electron chi connectivity index (χ3n) is 3.38. The van der Waals surface area contributed by atoms with Crippen molar-refractivity contribution in [2.24, 2.45) is 11.8 Å². The molecule has 1 saturated carbocycles. The topological polar surface area (TPSA) is 89.9 Å². The van der Waals surface area contributed by atoms with Crippen LogP contribution in [-0.4, -0.2) is 37.2 Å². The Labute approximate surface area is 100 Å². The van der Waals surface area contributed by atoms with E-state index in [1.165, 1.54) is 17.2 Å². The summed E-state index contributed by atoms with van der Waals surface area (Å²) in [5.74, 6) is -4.45. The van der Waals surface area contributed by atoms with Crippen molar-refractivity contribution < 1.29 is 13.9 Å². The molecule has 0 amide bonds. The Balaban J connectivity index is 1.91. The molecule has 96 valence electrons. The van der Waals surface area contributed by atoms with Crippen LogP contribution in [0.15, 0.2) is 12.7 Å². The van der Waals surface area contributed by atoms with Crippen molar-refractivity contribution in [3.63, 3.8) is 0 Å². The van der Waals surface area contributed by atoms with Crippen molar-refractivity contribution in [1.82, 2.24) is 19.5 Å². The molecule has 1 aliphatic rings. The van der Waals surface area contributed by atoms with Crippen LogP contribution in [0, 0.1) is 11.8 Å². The van der Waals surface area contributed by atoms with E-state index < -0.39 is 24.4 Å². The van der Waals surface area contributed by atoms with Crippen molar-refractivity contribution >= 4 is 17.0 Å². The monoisotopic (exact) mass is 255 g/mol. The van der Waals surface area contributed by atoms with E-state index in [4.69, 9.17) is 10.8 Å². The van der Waals surface area contributed by atoms with Crippen LogP contribution in [0.1, 0.15) is 0 Å². The van der Waals surface area contributed by atoms with Crippen LogP contribution < -0.4 is 5.73 Å². The number of hydrogen-bond donors (Lipinski definition) is 2. The Kier molecular flexibility index (Phi) is 2.24. The Bertz CT molecular complexity index is 599. The number of halogens is 2. The second kappa shape index (κ2) is 3.58. The van der Waals surface area contributed by atoms with Crippen LogP contribution in [0.3, 0.4) is 0 Å². The van der Waals surface area contributed by atoms with Gasteiger partial charge in [0, 0.05) is 6.54 Å². The predicted octanol–water partition coefficient (Wildman–Crippen LogP) is 0.282. The summed E-state index contributed by atoms with van der Waals surface area (Å²) in [5.41, 5.74) is 6.44. The van der Waals surface area contributed by atoms with Crippen LogP contribution in [0.2, 0.25) is 0 Å². The van der Waals surface area contributed by atoms with Gasteiger partial charge in [-0.25, -0.2) is 23.7 Å². The summed E-state index contributed by atoms with van der Waals surface area (Å²) >= 11 is 0. The molecule has 3 rings (SSSR count). The summed E-state index contributed by atoms with van der Waals surface area (Å²) in [6.07, 6.45) is 2.68. The fourth-order valence-electron chi connectivity index (χ4n) is 2.20.